The molecule has 4 heteroatoms. The molecule has 0 aliphatic carbocycles. The van der Waals surface area contributed by atoms with Crippen molar-refractivity contribution in [2.75, 3.05) is 0 Å². The molecule has 4 nitrogen and oxygen atoms in total. The molecule has 2 aromatic heterocycles. The Balaban J connectivity index is 1.93. The standard InChI is InChI=1S/C14H20N4/c1-14(2,3)17-9-12-4-5-13(16-8-12)10-18-7-6-15-11-18/h4-8,11,17H,9-10H2,1-3H3. The van der Waals surface area contributed by atoms with E-state index in [0.29, 0.717) is 0 Å². The Kier molecular flexibility index (Phi) is 3.77. The lowest BCUT2D eigenvalue weighted by molar-refractivity contribution is 0.424. The number of hydrogen-bond donors (Lipinski definition) is 1. The van der Waals surface area contributed by atoms with Crippen molar-refractivity contribution in [3.05, 3.63) is 48.3 Å². The average molecular weight is 244 g/mol. The molecule has 0 unspecified atom stereocenters. The molecule has 0 aliphatic heterocycles. The van der Waals surface area contributed by atoms with Crippen molar-refractivity contribution in [2.24, 2.45) is 0 Å². The quantitative estimate of drug-likeness (QED) is 0.896. The van der Waals surface area contributed by atoms with Gasteiger partial charge in [0.1, 0.15) is 0 Å². The SMILES string of the molecule is CC(C)(C)NCc1ccc(Cn2ccnc2)nc1. The van der Waals surface area contributed by atoms with Gasteiger partial charge in [-0.1, -0.05) is 6.07 Å². The fraction of sp³-hybridized carbons (Fsp3) is 0.429. The Morgan fingerprint density at radius 2 is 2.11 bits per heavy atom. The second-order valence-electron chi connectivity index (χ2n) is 5.50. The van der Waals surface area contributed by atoms with E-state index in [-0.39, 0.29) is 5.54 Å². The van der Waals surface area contributed by atoms with E-state index in [2.05, 4.69) is 48.2 Å². The van der Waals surface area contributed by atoms with Crippen LogP contribution < -0.4 is 5.32 Å². The van der Waals surface area contributed by atoms with Gasteiger partial charge in [-0.15, -0.1) is 0 Å². The van der Waals surface area contributed by atoms with E-state index in [1.54, 1.807) is 12.5 Å². The number of imidazole rings is 1. The molecule has 0 bridgehead atoms. The predicted octanol–water partition coefficient (Wildman–Crippen LogP) is 2.21. The predicted molar refractivity (Wildman–Crippen MR) is 72.2 cm³/mol. The number of hydrogen-bond acceptors (Lipinski definition) is 3. The number of rotatable bonds is 4. The van der Waals surface area contributed by atoms with Gasteiger partial charge >= 0.3 is 0 Å². The van der Waals surface area contributed by atoms with Crippen LogP contribution in [0.1, 0.15) is 32.0 Å². The topological polar surface area (TPSA) is 42.7 Å². The first-order chi connectivity index (χ1) is 8.53. The summed E-state index contributed by atoms with van der Waals surface area (Å²) in [6.45, 7) is 8.10. The van der Waals surface area contributed by atoms with Crippen molar-refractivity contribution in [3.8, 4) is 0 Å². The molecule has 0 atom stereocenters. The second-order valence-corrected chi connectivity index (χ2v) is 5.50. The van der Waals surface area contributed by atoms with E-state index < -0.39 is 0 Å². The Hall–Kier alpha value is -1.68. The summed E-state index contributed by atoms with van der Waals surface area (Å²) >= 11 is 0. The Morgan fingerprint density at radius 1 is 1.28 bits per heavy atom. The third kappa shape index (κ3) is 3.96. The Morgan fingerprint density at radius 3 is 2.67 bits per heavy atom. The maximum Gasteiger partial charge on any atom is 0.0949 e. The molecule has 2 aromatic rings. The second kappa shape index (κ2) is 5.31. The number of pyridine rings is 1. The van der Waals surface area contributed by atoms with E-state index in [9.17, 15) is 0 Å². The van der Waals surface area contributed by atoms with Crippen molar-refractivity contribution < 1.29 is 0 Å². The molecule has 0 aromatic carbocycles. The highest BCUT2D eigenvalue weighted by Gasteiger charge is 2.08. The fourth-order valence-corrected chi connectivity index (χ4v) is 1.59. The third-order valence-electron chi connectivity index (χ3n) is 2.61. The van der Waals surface area contributed by atoms with E-state index >= 15 is 0 Å². The average Bonchev–Trinajstić information content (AvgIpc) is 2.80. The normalized spacial score (nSPS) is 11.7. The molecular formula is C14H20N4. The Bertz CT molecular complexity index is 465. The summed E-state index contributed by atoms with van der Waals surface area (Å²) in [5.74, 6) is 0. The van der Waals surface area contributed by atoms with E-state index in [4.69, 9.17) is 0 Å². The molecule has 0 amide bonds. The summed E-state index contributed by atoms with van der Waals surface area (Å²) in [5, 5.41) is 3.45. The summed E-state index contributed by atoms with van der Waals surface area (Å²) in [6, 6.07) is 4.19. The van der Waals surface area contributed by atoms with Crippen LogP contribution in [0.15, 0.2) is 37.1 Å². The molecular weight excluding hydrogens is 224 g/mol. The number of nitrogens with one attached hydrogen (secondary N) is 1. The third-order valence-corrected chi connectivity index (χ3v) is 2.61. The van der Waals surface area contributed by atoms with Gasteiger partial charge in [-0.2, -0.15) is 0 Å². The highest BCUT2D eigenvalue weighted by atomic mass is 15.0. The molecule has 0 fully saturated rings. The van der Waals surface area contributed by atoms with Crippen LogP contribution in [-0.4, -0.2) is 20.1 Å². The van der Waals surface area contributed by atoms with Gasteiger partial charge in [0.15, 0.2) is 0 Å². The first kappa shape index (κ1) is 12.8. The van der Waals surface area contributed by atoms with Crippen molar-refractivity contribution in [3.63, 3.8) is 0 Å². The van der Waals surface area contributed by atoms with E-state index in [1.165, 1.54) is 5.56 Å². The first-order valence-electron chi connectivity index (χ1n) is 6.17. The van der Waals surface area contributed by atoms with Gasteiger partial charge in [-0.3, -0.25) is 4.98 Å². The molecule has 18 heavy (non-hydrogen) atoms. The van der Waals surface area contributed by atoms with Gasteiger partial charge in [-0.05, 0) is 32.4 Å². The smallest absolute Gasteiger partial charge is 0.0949 e. The zero-order chi connectivity index (χ0) is 13.0. The van der Waals surface area contributed by atoms with Gasteiger partial charge in [-0.25, -0.2) is 4.98 Å². The van der Waals surface area contributed by atoms with Gasteiger partial charge in [0, 0.05) is 30.7 Å². The van der Waals surface area contributed by atoms with Gasteiger partial charge in [0.2, 0.25) is 0 Å². The van der Waals surface area contributed by atoms with Crippen LogP contribution in [0.2, 0.25) is 0 Å². The lowest BCUT2D eigenvalue weighted by Gasteiger charge is -2.20. The van der Waals surface area contributed by atoms with Crippen LogP contribution in [0.3, 0.4) is 0 Å². The molecule has 0 aliphatic rings. The highest BCUT2D eigenvalue weighted by Crippen LogP contribution is 2.05. The molecule has 2 heterocycles. The number of aromatic nitrogens is 3. The summed E-state index contributed by atoms with van der Waals surface area (Å²) in [4.78, 5) is 8.48. The fourth-order valence-electron chi connectivity index (χ4n) is 1.59. The summed E-state index contributed by atoms with van der Waals surface area (Å²) in [7, 11) is 0. The first-order valence-corrected chi connectivity index (χ1v) is 6.17. The molecule has 0 saturated heterocycles. The maximum absolute atomic E-state index is 4.47. The van der Waals surface area contributed by atoms with Crippen molar-refractivity contribution in [1.82, 2.24) is 19.9 Å². The lowest BCUT2D eigenvalue weighted by atomic mass is 10.1. The van der Waals surface area contributed by atoms with Crippen molar-refractivity contribution in [1.29, 1.82) is 0 Å². The van der Waals surface area contributed by atoms with Crippen LogP contribution in [-0.2, 0) is 13.1 Å². The monoisotopic (exact) mass is 244 g/mol. The molecule has 2 rings (SSSR count). The van der Waals surface area contributed by atoms with E-state index in [0.717, 1.165) is 18.8 Å². The van der Waals surface area contributed by atoms with E-state index in [1.807, 2.05) is 17.0 Å². The highest BCUT2D eigenvalue weighted by molar-refractivity contribution is 5.14. The molecule has 1 N–H and O–H groups in total. The largest absolute Gasteiger partial charge is 0.331 e. The maximum atomic E-state index is 4.47. The van der Waals surface area contributed by atoms with Crippen molar-refractivity contribution in [2.45, 2.75) is 39.4 Å². The molecule has 0 saturated carbocycles. The van der Waals surface area contributed by atoms with Crippen LogP contribution in [0.5, 0.6) is 0 Å². The van der Waals surface area contributed by atoms with Crippen molar-refractivity contribution >= 4 is 0 Å². The lowest BCUT2D eigenvalue weighted by Crippen LogP contribution is -2.35. The van der Waals surface area contributed by atoms with Gasteiger partial charge < -0.3 is 9.88 Å². The van der Waals surface area contributed by atoms with Crippen LogP contribution in [0.25, 0.3) is 0 Å². The van der Waals surface area contributed by atoms with Crippen LogP contribution in [0.4, 0.5) is 0 Å². The van der Waals surface area contributed by atoms with Crippen LogP contribution >= 0.6 is 0 Å². The van der Waals surface area contributed by atoms with Gasteiger partial charge in [0.25, 0.3) is 0 Å². The zero-order valence-corrected chi connectivity index (χ0v) is 11.2. The number of nitrogens with zero attached hydrogens (tertiary/aromatic N) is 3. The zero-order valence-electron chi connectivity index (χ0n) is 11.2. The minimum Gasteiger partial charge on any atom is -0.331 e. The van der Waals surface area contributed by atoms with Crippen LogP contribution in [0, 0.1) is 0 Å². The molecule has 0 spiro atoms. The summed E-state index contributed by atoms with van der Waals surface area (Å²) in [5.41, 5.74) is 2.39. The minimum atomic E-state index is 0.134. The molecule has 0 radical (unpaired) electrons. The summed E-state index contributed by atoms with van der Waals surface area (Å²) < 4.78 is 2.01. The summed E-state index contributed by atoms with van der Waals surface area (Å²) in [6.07, 6.45) is 7.46. The Labute approximate surface area is 108 Å². The molecule has 96 valence electrons. The van der Waals surface area contributed by atoms with Gasteiger partial charge in [0.05, 0.1) is 18.6 Å². The minimum absolute atomic E-state index is 0.134.